The van der Waals surface area contributed by atoms with Gasteiger partial charge in [-0.3, -0.25) is 4.90 Å². The lowest BCUT2D eigenvalue weighted by molar-refractivity contribution is -0.143. The van der Waals surface area contributed by atoms with E-state index >= 15 is 0 Å². The summed E-state index contributed by atoms with van der Waals surface area (Å²) in [5.74, 6) is 0.862. The molecule has 0 spiro atoms. The molecule has 36 heavy (non-hydrogen) atoms. The maximum Gasteiger partial charge on any atom is 0.416 e. The first-order valence-electron chi connectivity index (χ1n) is 11.9. The van der Waals surface area contributed by atoms with Gasteiger partial charge in [0.2, 0.25) is 0 Å². The SMILES string of the molecule is FC(F)(F)c1cc(NC2CCCN([C@@H]3CCCN(c4ncnc5[nH]ccc45)C3)C2)cc(C(F)(F)F)c1. The van der Waals surface area contributed by atoms with Crippen molar-refractivity contribution in [3.63, 3.8) is 0 Å². The number of likely N-dealkylation sites (tertiary alicyclic amines) is 1. The van der Waals surface area contributed by atoms with E-state index in [0.717, 1.165) is 67.9 Å². The third-order valence-electron chi connectivity index (χ3n) is 6.96. The molecule has 2 aliphatic rings. The highest BCUT2D eigenvalue weighted by atomic mass is 19.4. The topological polar surface area (TPSA) is 60.1 Å². The molecule has 3 aromatic rings. The van der Waals surface area contributed by atoms with Gasteiger partial charge in [-0.2, -0.15) is 26.3 Å². The van der Waals surface area contributed by atoms with E-state index in [1.165, 1.54) is 6.33 Å². The van der Waals surface area contributed by atoms with Crippen molar-refractivity contribution in [3.05, 3.63) is 47.9 Å². The molecule has 0 amide bonds. The van der Waals surface area contributed by atoms with E-state index in [-0.39, 0.29) is 23.8 Å². The van der Waals surface area contributed by atoms with Crippen LogP contribution in [-0.4, -0.2) is 58.1 Å². The van der Waals surface area contributed by atoms with Gasteiger partial charge in [0.15, 0.2) is 0 Å². The van der Waals surface area contributed by atoms with Crippen molar-refractivity contribution in [3.8, 4) is 0 Å². The number of nitrogens with zero attached hydrogens (tertiary/aromatic N) is 4. The standard InChI is InChI=1S/C24H26F6N6/c25-23(26,27)15-9-16(24(28,29)30)11-18(10-15)34-17-3-1-7-35(12-17)19-4-2-8-36(13-19)22-20-5-6-31-21(20)32-14-33-22/h5-6,9-11,14,17,19,34H,1-4,7-8,12-13H2,(H,31,32,33)/t17?,19-/m1/s1. The molecule has 2 N–H and O–H groups in total. The predicted molar refractivity (Wildman–Crippen MR) is 124 cm³/mol. The Morgan fingerprint density at radius 1 is 0.889 bits per heavy atom. The Labute approximate surface area is 203 Å². The van der Waals surface area contributed by atoms with Gasteiger partial charge in [-0.05, 0) is 56.5 Å². The highest BCUT2D eigenvalue weighted by molar-refractivity contribution is 5.87. The summed E-state index contributed by atoms with van der Waals surface area (Å²) in [6.07, 6.45) is -2.99. The van der Waals surface area contributed by atoms with Crippen LogP contribution in [0.3, 0.4) is 0 Å². The molecule has 4 heterocycles. The number of rotatable bonds is 4. The third-order valence-corrected chi connectivity index (χ3v) is 6.96. The Bertz CT molecular complexity index is 1170. The Hall–Kier alpha value is -3.02. The van der Waals surface area contributed by atoms with E-state index in [2.05, 4.69) is 30.1 Å². The molecule has 194 valence electrons. The summed E-state index contributed by atoms with van der Waals surface area (Å²) in [5.41, 5.74) is -2.01. The second kappa shape index (κ2) is 9.45. The maximum atomic E-state index is 13.3. The summed E-state index contributed by atoms with van der Waals surface area (Å²) >= 11 is 0. The van der Waals surface area contributed by atoms with Gasteiger partial charge < -0.3 is 15.2 Å². The monoisotopic (exact) mass is 512 g/mol. The van der Waals surface area contributed by atoms with Gasteiger partial charge in [-0.25, -0.2) is 9.97 Å². The van der Waals surface area contributed by atoms with Gasteiger partial charge in [0.25, 0.3) is 0 Å². The molecule has 0 aliphatic carbocycles. The highest BCUT2D eigenvalue weighted by Crippen LogP contribution is 2.38. The van der Waals surface area contributed by atoms with Crippen molar-refractivity contribution < 1.29 is 26.3 Å². The lowest BCUT2D eigenvalue weighted by Crippen LogP contribution is -2.53. The smallest absolute Gasteiger partial charge is 0.381 e. The van der Waals surface area contributed by atoms with Gasteiger partial charge in [0, 0.05) is 43.6 Å². The van der Waals surface area contributed by atoms with E-state index in [4.69, 9.17) is 0 Å². The Balaban J connectivity index is 1.30. The molecular formula is C24H26F6N6. The fraction of sp³-hybridized carbons (Fsp3) is 0.500. The zero-order chi connectivity index (χ0) is 25.5. The van der Waals surface area contributed by atoms with Gasteiger partial charge in [0.05, 0.1) is 16.5 Å². The lowest BCUT2D eigenvalue weighted by atomic mass is 9.98. The number of piperidine rings is 2. The van der Waals surface area contributed by atoms with E-state index in [1.54, 1.807) is 0 Å². The van der Waals surface area contributed by atoms with Crippen LogP contribution in [0.1, 0.15) is 36.8 Å². The molecule has 12 heteroatoms. The summed E-state index contributed by atoms with van der Waals surface area (Å²) in [6, 6.07) is 3.57. The van der Waals surface area contributed by atoms with Crippen molar-refractivity contribution in [2.75, 3.05) is 36.4 Å². The number of nitrogens with one attached hydrogen (secondary N) is 2. The van der Waals surface area contributed by atoms with Gasteiger partial charge in [-0.15, -0.1) is 0 Å². The quantitative estimate of drug-likeness (QED) is 0.450. The van der Waals surface area contributed by atoms with Crippen LogP contribution < -0.4 is 10.2 Å². The van der Waals surface area contributed by atoms with Gasteiger partial charge in [-0.1, -0.05) is 0 Å². The molecule has 0 saturated carbocycles. The Kier molecular flexibility index (Phi) is 6.48. The molecule has 0 radical (unpaired) electrons. The first-order valence-corrected chi connectivity index (χ1v) is 11.9. The first-order chi connectivity index (χ1) is 17.1. The number of hydrogen-bond donors (Lipinski definition) is 2. The number of anilines is 2. The second-order valence-electron chi connectivity index (χ2n) is 9.45. The van der Waals surface area contributed by atoms with Gasteiger partial charge in [0.1, 0.15) is 17.8 Å². The number of alkyl halides is 6. The van der Waals surface area contributed by atoms with Crippen LogP contribution >= 0.6 is 0 Å². The van der Waals surface area contributed by atoms with Crippen molar-refractivity contribution >= 4 is 22.5 Å². The van der Waals surface area contributed by atoms with Crippen molar-refractivity contribution in [1.29, 1.82) is 0 Å². The minimum Gasteiger partial charge on any atom is -0.381 e. The van der Waals surface area contributed by atoms with Crippen LogP contribution in [0.5, 0.6) is 0 Å². The number of halogens is 6. The predicted octanol–water partition coefficient (Wildman–Crippen LogP) is 5.54. The summed E-state index contributed by atoms with van der Waals surface area (Å²) in [4.78, 5) is 16.3. The van der Waals surface area contributed by atoms with Crippen LogP contribution in [0.4, 0.5) is 37.8 Å². The Morgan fingerprint density at radius 2 is 1.61 bits per heavy atom. The number of aromatic amines is 1. The molecule has 2 saturated heterocycles. The summed E-state index contributed by atoms with van der Waals surface area (Å²) in [6.45, 7) is 2.97. The zero-order valence-electron chi connectivity index (χ0n) is 19.3. The van der Waals surface area contributed by atoms with Crippen molar-refractivity contribution in [2.24, 2.45) is 0 Å². The fourth-order valence-electron chi connectivity index (χ4n) is 5.29. The lowest BCUT2D eigenvalue weighted by Gasteiger charge is -2.43. The largest absolute Gasteiger partial charge is 0.416 e. The first kappa shape index (κ1) is 24.7. The molecule has 1 aromatic carbocycles. The average Bonchev–Trinajstić information content (AvgIpc) is 3.32. The molecule has 0 bridgehead atoms. The minimum atomic E-state index is -4.87. The van der Waals surface area contributed by atoms with Gasteiger partial charge >= 0.3 is 12.4 Å². The van der Waals surface area contributed by atoms with E-state index < -0.39 is 23.5 Å². The molecule has 2 fully saturated rings. The molecule has 6 nitrogen and oxygen atoms in total. The van der Waals surface area contributed by atoms with E-state index in [0.29, 0.717) is 13.0 Å². The number of hydrogen-bond acceptors (Lipinski definition) is 5. The van der Waals surface area contributed by atoms with Crippen LogP contribution in [0.2, 0.25) is 0 Å². The normalized spacial score (nSPS) is 22.2. The molecule has 2 atom stereocenters. The number of aromatic nitrogens is 3. The van der Waals surface area contributed by atoms with Crippen molar-refractivity contribution in [1.82, 2.24) is 19.9 Å². The summed E-state index contributed by atoms with van der Waals surface area (Å²) in [7, 11) is 0. The maximum absolute atomic E-state index is 13.3. The molecule has 5 rings (SSSR count). The van der Waals surface area contributed by atoms with Crippen LogP contribution in [0, 0.1) is 0 Å². The zero-order valence-corrected chi connectivity index (χ0v) is 19.3. The Morgan fingerprint density at radius 3 is 2.33 bits per heavy atom. The molecular weight excluding hydrogens is 486 g/mol. The van der Waals surface area contributed by atoms with Crippen LogP contribution in [0.25, 0.3) is 11.0 Å². The fourth-order valence-corrected chi connectivity index (χ4v) is 5.29. The summed E-state index contributed by atoms with van der Waals surface area (Å²) in [5, 5.41) is 3.90. The number of H-pyrrole nitrogens is 1. The molecule has 1 unspecified atom stereocenters. The molecule has 2 aromatic heterocycles. The van der Waals surface area contributed by atoms with Crippen LogP contribution in [-0.2, 0) is 12.4 Å². The second-order valence-corrected chi connectivity index (χ2v) is 9.45. The van der Waals surface area contributed by atoms with E-state index in [1.807, 2.05) is 12.3 Å². The minimum absolute atomic E-state index is 0.156. The van der Waals surface area contributed by atoms with Crippen LogP contribution in [0.15, 0.2) is 36.8 Å². The highest BCUT2D eigenvalue weighted by Gasteiger charge is 2.37. The molecule has 2 aliphatic heterocycles. The van der Waals surface area contributed by atoms with E-state index in [9.17, 15) is 26.3 Å². The summed E-state index contributed by atoms with van der Waals surface area (Å²) < 4.78 is 79.5. The van der Waals surface area contributed by atoms with Crippen molar-refractivity contribution in [2.45, 2.75) is 50.1 Å². The third kappa shape index (κ3) is 5.23. The number of benzene rings is 1. The number of fused-ring (bicyclic) bond motifs is 1. The average molecular weight is 513 g/mol.